The van der Waals surface area contributed by atoms with Gasteiger partial charge in [0.1, 0.15) is 0 Å². The van der Waals surface area contributed by atoms with Crippen LogP contribution in [0.15, 0.2) is 29.2 Å². The van der Waals surface area contributed by atoms with E-state index in [1.54, 1.807) is 19.1 Å². The van der Waals surface area contributed by atoms with Crippen LogP contribution in [0.5, 0.6) is 0 Å². The highest BCUT2D eigenvalue weighted by molar-refractivity contribution is 7.91. The first kappa shape index (κ1) is 14.4. The summed E-state index contributed by atoms with van der Waals surface area (Å²) < 4.78 is 23.5. The van der Waals surface area contributed by atoms with E-state index in [1.807, 2.05) is 12.1 Å². The molecular weight excluding hydrogens is 258 g/mol. The van der Waals surface area contributed by atoms with E-state index in [9.17, 15) is 8.42 Å². The maximum atomic E-state index is 11.7. The molecule has 0 radical (unpaired) electrons. The molecule has 0 aliphatic heterocycles. The number of rotatable bonds is 4. The normalized spacial score (nSPS) is 27.4. The molecule has 0 bridgehead atoms. The van der Waals surface area contributed by atoms with Crippen molar-refractivity contribution in [2.75, 3.05) is 11.1 Å². The number of hydrogen-bond acceptors (Lipinski definition) is 3. The van der Waals surface area contributed by atoms with Crippen molar-refractivity contribution in [3.8, 4) is 0 Å². The van der Waals surface area contributed by atoms with E-state index in [0.29, 0.717) is 16.9 Å². The standard InChI is InChI=1S/C15H23NO2S/c1-4-19(17,18)14-8-6-13(7-9-14)16-15-10-5-11(2)12(15)3/h6-9,11-12,15-16H,4-5,10H2,1-3H3. The van der Waals surface area contributed by atoms with Crippen LogP contribution in [0, 0.1) is 11.8 Å². The molecule has 3 unspecified atom stereocenters. The monoisotopic (exact) mass is 281 g/mol. The van der Waals surface area contributed by atoms with Gasteiger partial charge in [0.15, 0.2) is 9.84 Å². The van der Waals surface area contributed by atoms with E-state index in [-0.39, 0.29) is 5.75 Å². The van der Waals surface area contributed by atoms with Crippen LogP contribution in [-0.4, -0.2) is 20.2 Å². The van der Waals surface area contributed by atoms with Gasteiger partial charge in [-0.15, -0.1) is 0 Å². The largest absolute Gasteiger partial charge is 0.382 e. The van der Waals surface area contributed by atoms with Crippen molar-refractivity contribution in [1.82, 2.24) is 0 Å². The fourth-order valence-corrected chi connectivity index (χ4v) is 3.59. The molecule has 4 heteroatoms. The van der Waals surface area contributed by atoms with Crippen molar-refractivity contribution in [1.29, 1.82) is 0 Å². The van der Waals surface area contributed by atoms with E-state index in [0.717, 1.165) is 11.6 Å². The topological polar surface area (TPSA) is 46.2 Å². The summed E-state index contributed by atoms with van der Waals surface area (Å²) in [7, 11) is -3.09. The maximum Gasteiger partial charge on any atom is 0.178 e. The molecule has 3 atom stereocenters. The molecule has 1 fully saturated rings. The molecule has 1 aliphatic carbocycles. The van der Waals surface area contributed by atoms with Gasteiger partial charge in [-0.1, -0.05) is 20.8 Å². The zero-order valence-electron chi connectivity index (χ0n) is 11.9. The van der Waals surface area contributed by atoms with Gasteiger partial charge in [0.25, 0.3) is 0 Å². The van der Waals surface area contributed by atoms with E-state index in [1.165, 1.54) is 12.8 Å². The van der Waals surface area contributed by atoms with Gasteiger partial charge in [0.05, 0.1) is 10.6 Å². The lowest BCUT2D eigenvalue weighted by molar-refractivity contribution is 0.435. The Morgan fingerprint density at radius 2 is 1.79 bits per heavy atom. The van der Waals surface area contributed by atoms with Crippen LogP contribution in [0.3, 0.4) is 0 Å². The Morgan fingerprint density at radius 3 is 2.26 bits per heavy atom. The van der Waals surface area contributed by atoms with Gasteiger partial charge in [-0.05, 0) is 48.9 Å². The lowest BCUT2D eigenvalue weighted by Crippen LogP contribution is -2.23. The summed E-state index contributed by atoms with van der Waals surface area (Å²) in [6, 6.07) is 7.65. The minimum Gasteiger partial charge on any atom is -0.382 e. The van der Waals surface area contributed by atoms with Gasteiger partial charge in [-0.2, -0.15) is 0 Å². The predicted octanol–water partition coefficient (Wildman–Crippen LogP) is 3.33. The second-order valence-corrected chi connectivity index (χ2v) is 7.87. The first-order valence-corrected chi connectivity index (χ1v) is 8.68. The van der Waals surface area contributed by atoms with E-state index in [4.69, 9.17) is 0 Å². The van der Waals surface area contributed by atoms with Crippen LogP contribution in [0.1, 0.15) is 33.6 Å². The Balaban J connectivity index is 2.08. The minimum absolute atomic E-state index is 0.150. The quantitative estimate of drug-likeness (QED) is 0.921. The molecule has 0 spiro atoms. The molecule has 106 valence electrons. The summed E-state index contributed by atoms with van der Waals surface area (Å²) in [5.41, 5.74) is 1.01. The Hall–Kier alpha value is -1.03. The van der Waals surface area contributed by atoms with Crippen molar-refractivity contribution in [3.63, 3.8) is 0 Å². The van der Waals surface area contributed by atoms with Crippen LogP contribution in [0.4, 0.5) is 5.69 Å². The second kappa shape index (κ2) is 5.53. The lowest BCUT2D eigenvalue weighted by Gasteiger charge is -2.21. The maximum absolute atomic E-state index is 11.7. The lowest BCUT2D eigenvalue weighted by atomic mass is 9.98. The molecule has 3 nitrogen and oxygen atoms in total. The van der Waals surface area contributed by atoms with Gasteiger partial charge in [-0.3, -0.25) is 0 Å². The summed E-state index contributed by atoms with van der Waals surface area (Å²) in [5, 5.41) is 3.52. The van der Waals surface area contributed by atoms with Crippen LogP contribution in [0.25, 0.3) is 0 Å². The van der Waals surface area contributed by atoms with Crippen LogP contribution in [-0.2, 0) is 9.84 Å². The van der Waals surface area contributed by atoms with Crippen molar-refractivity contribution in [2.45, 2.75) is 44.6 Å². The van der Waals surface area contributed by atoms with E-state index < -0.39 is 9.84 Å². The summed E-state index contributed by atoms with van der Waals surface area (Å²) in [5.74, 6) is 1.58. The number of anilines is 1. The number of hydrogen-bond donors (Lipinski definition) is 1. The number of nitrogens with one attached hydrogen (secondary N) is 1. The number of benzene rings is 1. The zero-order valence-corrected chi connectivity index (χ0v) is 12.7. The average molecular weight is 281 g/mol. The third kappa shape index (κ3) is 3.11. The molecule has 0 amide bonds. The van der Waals surface area contributed by atoms with Crippen molar-refractivity contribution in [3.05, 3.63) is 24.3 Å². The van der Waals surface area contributed by atoms with Gasteiger partial charge < -0.3 is 5.32 Å². The molecule has 1 N–H and O–H groups in total. The Bertz CT molecular complexity index is 522. The van der Waals surface area contributed by atoms with Crippen LogP contribution < -0.4 is 5.32 Å². The molecule has 1 aromatic carbocycles. The highest BCUT2D eigenvalue weighted by Crippen LogP contribution is 2.33. The van der Waals surface area contributed by atoms with Gasteiger partial charge >= 0.3 is 0 Å². The van der Waals surface area contributed by atoms with Gasteiger partial charge in [0, 0.05) is 11.7 Å². The molecule has 1 saturated carbocycles. The van der Waals surface area contributed by atoms with Crippen molar-refractivity contribution >= 4 is 15.5 Å². The first-order chi connectivity index (χ1) is 8.94. The minimum atomic E-state index is -3.09. The molecule has 19 heavy (non-hydrogen) atoms. The molecule has 0 saturated heterocycles. The fourth-order valence-electron chi connectivity index (χ4n) is 2.71. The summed E-state index contributed by atoms with van der Waals surface area (Å²) in [4.78, 5) is 0.411. The average Bonchev–Trinajstić information content (AvgIpc) is 2.71. The third-order valence-corrected chi connectivity index (χ3v) is 6.16. The molecule has 0 aromatic heterocycles. The number of sulfone groups is 1. The van der Waals surface area contributed by atoms with Crippen molar-refractivity contribution < 1.29 is 8.42 Å². The van der Waals surface area contributed by atoms with E-state index >= 15 is 0 Å². The van der Waals surface area contributed by atoms with Gasteiger partial charge in [0.2, 0.25) is 0 Å². The van der Waals surface area contributed by atoms with E-state index in [2.05, 4.69) is 19.2 Å². The van der Waals surface area contributed by atoms with Gasteiger partial charge in [-0.25, -0.2) is 8.42 Å². The highest BCUT2D eigenvalue weighted by atomic mass is 32.2. The molecule has 2 rings (SSSR count). The Morgan fingerprint density at radius 1 is 1.16 bits per heavy atom. The summed E-state index contributed by atoms with van der Waals surface area (Å²) in [6.07, 6.45) is 2.46. The predicted molar refractivity (Wildman–Crippen MR) is 79.1 cm³/mol. The Labute approximate surface area is 116 Å². The van der Waals surface area contributed by atoms with Crippen molar-refractivity contribution in [2.24, 2.45) is 11.8 Å². The smallest absolute Gasteiger partial charge is 0.178 e. The highest BCUT2D eigenvalue weighted by Gasteiger charge is 2.29. The third-order valence-electron chi connectivity index (χ3n) is 4.41. The van der Waals surface area contributed by atoms with Crippen LogP contribution in [0.2, 0.25) is 0 Å². The fraction of sp³-hybridized carbons (Fsp3) is 0.600. The molecule has 0 heterocycles. The van der Waals surface area contributed by atoms with Crippen LogP contribution >= 0.6 is 0 Å². The summed E-state index contributed by atoms with van der Waals surface area (Å²) >= 11 is 0. The first-order valence-electron chi connectivity index (χ1n) is 7.03. The zero-order chi connectivity index (χ0) is 14.0. The molecular formula is C15H23NO2S. The summed E-state index contributed by atoms with van der Waals surface area (Å²) in [6.45, 7) is 6.25. The Kier molecular flexibility index (Phi) is 4.19. The molecule has 1 aromatic rings. The second-order valence-electron chi connectivity index (χ2n) is 5.59. The molecule has 1 aliphatic rings. The SMILES string of the molecule is CCS(=O)(=O)c1ccc(NC2CCC(C)C2C)cc1.